The number of halogens is 5. The molecule has 2 fully saturated rings. The van der Waals surface area contributed by atoms with Crippen molar-refractivity contribution in [3.63, 3.8) is 0 Å². The number of imidazole rings is 1. The van der Waals surface area contributed by atoms with Gasteiger partial charge in [-0.1, -0.05) is 30.3 Å². The molecule has 3 atom stereocenters. The molecule has 9 nitrogen and oxygen atoms in total. The van der Waals surface area contributed by atoms with E-state index < -0.39 is 48.5 Å². The van der Waals surface area contributed by atoms with Gasteiger partial charge in [-0.05, 0) is 30.7 Å². The van der Waals surface area contributed by atoms with Crippen molar-refractivity contribution in [3.8, 4) is 0 Å². The van der Waals surface area contributed by atoms with Crippen molar-refractivity contribution in [2.45, 2.75) is 63.3 Å². The molecule has 2 aliphatic rings. The van der Waals surface area contributed by atoms with E-state index in [1.807, 2.05) is 18.2 Å². The molecular weight excluding hydrogens is 551 g/mol. The quantitative estimate of drug-likeness (QED) is 0.390. The molecule has 3 aromatic rings. The lowest BCUT2D eigenvalue weighted by Crippen LogP contribution is -2.47. The second-order valence-electron chi connectivity index (χ2n) is 10.7. The molecule has 0 bridgehead atoms. The third-order valence-corrected chi connectivity index (χ3v) is 7.67. The highest BCUT2D eigenvalue weighted by molar-refractivity contribution is 5.79. The van der Waals surface area contributed by atoms with Gasteiger partial charge in [-0.3, -0.25) is 4.79 Å². The summed E-state index contributed by atoms with van der Waals surface area (Å²) in [7, 11) is 0. The van der Waals surface area contributed by atoms with E-state index in [0.717, 1.165) is 5.56 Å². The molecule has 1 saturated heterocycles. The van der Waals surface area contributed by atoms with E-state index in [1.54, 1.807) is 12.1 Å². The minimum Gasteiger partial charge on any atom is -0.445 e. The van der Waals surface area contributed by atoms with Crippen molar-refractivity contribution in [3.05, 3.63) is 59.7 Å². The zero-order valence-corrected chi connectivity index (χ0v) is 21.9. The highest BCUT2D eigenvalue weighted by atomic mass is 19.4. The molecule has 5 rings (SSSR count). The Balaban J connectivity index is 1.33. The number of ether oxygens (including phenoxy) is 1. The predicted molar refractivity (Wildman–Crippen MR) is 135 cm³/mol. The number of nitrogens with one attached hydrogen (secondary N) is 2. The highest BCUT2D eigenvalue weighted by Gasteiger charge is 2.45. The first-order valence-electron chi connectivity index (χ1n) is 13.4. The van der Waals surface area contributed by atoms with Crippen LogP contribution in [0.1, 0.15) is 55.1 Å². The topological polar surface area (TPSA) is 111 Å². The maximum atomic E-state index is 13.9. The van der Waals surface area contributed by atoms with Gasteiger partial charge in [-0.25, -0.2) is 28.1 Å². The number of alkyl halides is 5. The summed E-state index contributed by atoms with van der Waals surface area (Å²) in [5.74, 6) is -6.03. The SMILES string of the molecule is O=C(N[C@H](c1cn2nc(C[C@H]3C[C@@H](C(F)(F)F)CNC3=O)cnc2n1)C1CCC(F)(F)CC1)OCc1ccccc1. The van der Waals surface area contributed by atoms with Crippen LogP contribution in [0.25, 0.3) is 5.78 Å². The predicted octanol–water partition coefficient (Wildman–Crippen LogP) is 4.77. The Morgan fingerprint density at radius 2 is 1.93 bits per heavy atom. The number of aromatic nitrogens is 4. The van der Waals surface area contributed by atoms with Crippen LogP contribution in [0.4, 0.5) is 26.7 Å². The molecule has 1 aromatic carbocycles. The number of amides is 2. The van der Waals surface area contributed by atoms with E-state index in [0.29, 0.717) is 5.69 Å². The standard InChI is InChI=1S/C27H29F5N6O3/c28-26(29)8-6-17(7-9-26)22(36-25(40)41-15-16-4-2-1-3-5-16)21-14-38-24(35-21)34-13-20(37-38)11-18-10-19(27(30,31)32)12-33-23(18)39/h1-5,13-14,17-19,22H,6-12,15H2,(H,33,39)(H,36,40)/t18-,19-,22+/m1/s1. The number of carbonyl (C=O) groups is 2. The molecule has 41 heavy (non-hydrogen) atoms. The molecule has 0 radical (unpaired) electrons. The summed E-state index contributed by atoms with van der Waals surface area (Å²) in [6, 6.07) is 8.27. The second-order valence-corrected chi connectivity index (χ2v) is 10.7. The largest absolute Gasteiger partial charge is 0.445 e. The molecule has 0 unspecified atom stereocenters. The van der Waals surface area contributed by atoms with Crippen LogP contribution < -0.4 is 10.6 Å². The molecule has 1 aliphatic heterocycles. The minimum absolute atomic E-state index is 0.0176. The van der Waals surface area contributed by atoms with E-state index in [9.17, 15) is 31.5 Å². The summed E-state index contributed by atoms with van der Waals surface area (Å²) < 4.78 is 74.1. The highest BCUT2D eigenvalue weighted by Crippen LogP contribution is 2.41. The fourth-order valence-corrected chi connectivity index (χ4v) is 5.38. The van der Waals surface area contributed by atoms with Crippen molar-refractivity contribution in [1.82, 2.24) is 30.2 Å². The molecule has 1 saturated carbocycles. The smallest absolute Gasteiger partial charge is 0.408 e. The maximum Gasteiger partial charge on any atom is 0.408 e. The molecular formula is C27H29F5N6O3. The number of hydrogen-bond acceptors (Lipinski definition) is 6. The number of fused-ring (bicyclic) bond motifs is 1. The Morgan fingerprint density at radius 3 is 2.63 bits per heavy atom. The zero-order chi connectivity index (χ0) is 29.2. The first-order valence-corrected chi connectivity index (χ1v) is 13.4. The summed E-state index contributed by atoms with van der Waals surface area (Å²) in [5.41, 5.74) is 1.40. The number of rotatable bonds is 7. The van der Waals surface area contributed by atoms with Gasteiger partial charge in [0.1, 0.15) is 6.61 Å². The van der Waals surface area contributed by atoms with Crippen LogP contribution in [0.2, 0.25) is 0 Å². The third-order valence-electron chi connectivity index (χ3n) is 7.67. The van der Waals surface area contributed by atoms with Crippen LogP contribution in [-0.2, 0) is 22.6 Å². The average molecular weight is 581 g/mol. The van der Waals surface area contributed by atoms with Crippen molar-refractivity contribution in [2.24, 2.45) is 17.8 Å². The number of hydrogen-bond donors (Lipinski definition) is 2. The lowest BCUT2D eigenvalue weighted by atomic mass is 9.81. The number of nitrogens with zero attached hydrogens (tertiary/aromatic N) is 4. The van der Waals surface area contributed by atoms with E-state index in [-0.39, 0.29) is 62.5 Å². The Labute approximate surface area is 231 Å². The molecule has 0 spiro atoms. The van der Waals surface area contributed by atoms with Crippen molar-refractivity contribution in [1.29, 1.82) is 0 Å². The van der Waals surface area contributed by atoms with Gasteiger partial charge in [-0.15, -0.1) is 0 Å². The van der Waals surface area contributed by atoms with Crippen LogP contribution >= 0.6 is 0 Å². The molecule has 14 heteroatoms. The fourth-order valence-electron chi connectivity index (χ4n) is 5.38. The minimum atomic E-state index is -4.42. The monoisotopic (exact) mass is 580 g/mol. The first-order chi connectivity index (χ1) is 19.5. The van der Waals surface area contributed by atoms with Gasteiger partial charge in [-0.2, -0.15) is 18.3 Å². The summed E-state index contributed by atoms with van der Waals surface area (Å²) in [6.45, 7) is -0.437. The Kier molecular flexibility index (Phi) is 8.09. The summed E-state index contributed by atoms with van der Waals surface area (Å²) in [6.07, 6.45) is -3.09. The normalized spacial score (nSPS) is 22.2. The van der Waals surface area contributed by atoms with Crippen LogP contribution in [-0.4, -0.2) is 50.2 Å². The number of alkyl carbamates (subject to hydrolysis) is 1. The van der Waals surface area contributed by atoms with Crippen LogP contribution in [0, 0.1) is 17.8 Å². The van der Waals surface area contributed by atoms with Crippen LogP contribution in [0.3, 0.4) is 0 Å². The van der Waals surface area contributed by atoms with Gasteiger partial charge in [0.05, 0.1) is 35.7 Å². The van der Waals surface area contributed by atoms with E-state index in [2.05, 4.69) is 25.7 Å². The molecule has 2 amide bonds. The second kappa shape index (κ2) is 11.6. The van der Waals surface area contributed by atoms with E-state index in [4.69, 9.17) is 4.74 Å². The van der Waals surface area contributed by atoms with Gasteiger partial charge >= 0.3 is 12.3 Å². The average Bonchev–Trinajstić information content (AvgIpc) is 3.35. The fraction of sp³-hybridized carbons (Fsp3) is 0.519. The zero-order valence-electron chi connectivity index (χ0n) is 21.9. The van der Waals surface area contributed by atoms with Gasteiger partial charge in [0.15, 0.2) is 0 Å². The Bertz CT molecular complexity index is 1370. The van der Waals surface area contributed by atoms with Gasteiger partial charge < -0.3 is 15.4 Å². The van der Waals surface area contributed by atoms with Gasteiger partial charge in [0.2, 0.25) is 11.8 Å². The molecule has 3 heterocycles. The van der Waals surface area contributed by atoms with Gasteiger partial charge in [0.25, 0.3) is 5.78 Å². The summed E-state index contributed by atoms with van der Waals surface area (Å²) in [5, 5.41) is 9.47. The molecule has 1 aliphatic carbocycles. The molecule has 2 aromatic heterocycles. The lowest BCUT2D eigenvalue weighted by Gasteiger charge is -2.33. The van der Waals surface area contributed by atoms with Crippen LogP contribution in [0.5, 0.6) is 0 Å². The number of benzene rings is 1. The van der Waals surface area contributed by atoms with Crippen molar-refractivity contribution in [2.75, 3.05) is 6.54 Å². The number of carbonyl (C=O) groups excluding carboxylic acids is 2. The lowest BCUT2D eigenvalue weighted by molar-refractivity contribution is -0.183. The number of piperidine rings is 1. The van der Waals surface area contributed by atoms with Crippen molar-refractivity contribution < 1.29 is 36.3 Å². The molecule has 220 valence electrons. The maximum absolute atomic E-state index is 13.9. The third kappa shape index (κ3) is 7.09. The van der Waals surface area contributed by atoms with Crippen LogP contribution in [0.15, 0.2) is 42.7 Å². The van der Waals surface area contributed by atoms with E-state index >= 15 is 0 Å². The first kappa shape index (κ1) is 28.7. The Hall–Kier alpha value is -3.84. The van der Waals surface area contributed by atoms with Gasteiger partial charge in [0, 0.05) is 31.7 Å². The summed E-state index contributed by atoms with van der Waals surface area (Å²) >= 11 is 0. The van der Waals surface area contributed by atoms with Crippen molar-refractivity contribution >= 4 is 17.8 Å². The molecule has 2 N–H and O–H groups in total. The Morgan fingerprint density at radius 1 is 1.20 bits per heavy atom. The summed E-state index contributed by atoms with van der Waals surface area (Å²) in [4.78, 5) is 33.7. The van der Waals surface area contributed by atoms with E-state index in [1.165, 1.54) is 16.9 Å².